The van der Waals surface area contributed by atoms with E-state index in [4.69, 9.17) is 9.47 Å². The topological polar surface area (TPSA) is 77.5 Å². The Morgan fingerprint density at radius 3 is 2.83 bits per heavy atom. The lowest BCUT2D eigenvalue weighted by molar-refractivity contribution is -0.144. The third kappa shape index (κ3) is 5.01. The zero-order valence-electron chi connectivity index (χ0n) is 20.7. The molecule has 0 unspecified atom stereocenters. The van der Waals surface area contributed by atoms with E-state index in [9.17, 15) is 14.0 Å². The molecule has 1 aliphatic heterocycles. The van der Waals surface area contributed by atoms with Crippen molar-refractivity contribution in [3.8, 4) is 11.1 Å². The summed E-state index contributed by atoms with van der Waals surface area (Å²) in [5.41, 5.74) is 2.48. The van der Waals surface area contributed by atoms with E-state index >= 15 is 0 Å². The quantitative estimate of drug-likeness (QED) is 0.548. The molecule has 0 radical (unpaired) electrons. The monoisotopic (exact) mass is 492 g/mol. The molecule has 3 fully saturated rings. The first-order valence-electron chi connectivity index (χ1n) is 13.0. The Bertz CT molecular complexity index is 1130. The molecule has 1 aromatic carbocycles. The number of aromatic nitrogens is 1. The van der Waals surface area contributed by atoms with Crippen LogP contribution in [0.4, 0.5) is 9.18 Å². The van der Waals surface area contributed by atoms with Crippen molar-refractivity contribution < 1.29 is 23.5 Å². The molecule has 0 spiro atoms. The normalized spacial score (nSPS) is 31.4. The van der Waals surface area contributed by atoms with Crippen molar-refractivity contribution in [2.75, 3.05) is 6.61 Å². The molecule has 2 aromatic rings. The van der Waals surface area contributed by atoms with Gasteiger partial charge in [0.15, 0.2) is 0 Å². The molecule has 5 rings (SSSR count). The Kier molecular flexibility index (Phi) is 7.08. The second kappa shape index (κ2) is 10.4. The SMILES string of the molecule is CCOC(=O)N[C@H]1CC[C@@H]2[C@H](C1)C[C@H]1C(=O)O[C@H](C)[C@H]1[C@H]2C=Cc1ccc(-c2cccc(F)c2)cn1. The Hall–Kier alpha value is -3.22. The van der Waals surface area contributed by atoms with Crippen molar-refractivity contribution in [1.29, 1.82) is 0 Å². The minimum absolute atomic E-state index is 0.0679. The van der Waals surface area contributed by atoms with E-state index in [0.29, 0.717) is 18.4 Å². The van der Waals surface area contributed by atoms with Crippen LogP contribution in [0.1, 0.15) is 45.2 Å². The lowest BCUT2D eigenvalue weighted by Gasteiger charge is -2.47. The summed E-state index contributed by atoms with van der Waals surface area (Å²) in [6.45, 7) is 4.15. The number of benzene rings is 1. The number of ether oxygens (including phenoxy) is 2. The van der Waals surface area contributed by atoms with Gasteiger partial charge in [-0.05, 0) is 87.1 Å². The fraction of sp³-hybridized carbons (Fsp3) is 0.483. The summed E-state index contributed by atoms with van der Waals surface area (Å²) >= 11 is 0. The number of cyclic esters (lactones) is 1. The van der Waals surface area contributed by atoms with Crippen LogP contribution >= 0.6 is 0 Å². The van der Waals surface area contributed by atoms with Crippen LogP contribution in [0.25, 0.3) is 17.2 Å². The summed E-state index contributed by atoms with van der Waals surface area (Å²) in [5.74, 6) is 0.629. The first-order valence-corrected chi connectivity index (χ1v) is 13.0. The number of alkyl carbamates (subject to hydrolysis) is 1. The van der Waals surface area contributed by atoms with Gasteiger partial charge < -0.3 is 14.8 Å². The van der Waals surface area contributed by atoms with Crippen LogP contribution in [0, 0.1) is 35.4 Å². The number of esters is 1. The highest BCUT2D eigenvalue weighted by Crippen LogP contribution is 2.53. The number of amides is 1. The molecule has 1 saturated heterocycles. The number of allylic oxidation sites excluding steroid dienone is 1. The number of halogens is 1. The van der Waals surface area contributed by atoms with Gasteiger partial charge >= 0.3 is 12.1 Å². The molecule has 1 N–H and O–H groups in total. The van der Waals surface area contributed by atoms with Crippen LogP contribution in [-0.4, -0.2) is 35.8 Å². The smallest absolute Gasteiger partial charge is 0.407 e. The lowest BCUT2D eigenvalue weighted by Crippen LogP contribution is -2.48. The van der Waals surface area contributed by atoms with E-state index in [1.165, 1.54) is 12.1 Å². The van der Waals surface area contributed by atoms with Crippen molar-refractivity contribution in [2.45, 2.75) is 51.7 Å². The summed E-state index contributed by atoms with van der Waals surface area (Å²) in [7, 11) is 0. The minimum Gasteiger partial charge on any atom is -0.462 e. The van der Waals surface area contributed by atoms with Gasteiger partial charge in [-0.3, -0.25) is 9.78 Å². The van der Waals surface area contributed by atoms with E-state index in [1.54, 1.807) is 19.2 Å². The highest BCUT2D eigenvalue weighted by Gasteiger charge is 2.54. The molecule has 3 aliphatic rings. The zero-order valence-corrected chi connectivity index (χ0v) is 20.7. The molecule has 1 aromatic heterocycles. The largest absolute Gasteiger partial charge is 0.462 e. The standard InChI is InChI=1S/C29H33FN2O4/c1-3-35-29(34)32-23-10-11-24-20(14-23)15-26-27(17(2)36-28(26)33)25(24)12-9-22-8-7-19(16-31-22)18-5-4-6-21(30)13-18/h4-9,12-13,16-17,20,23-27H,3,10-11,14-15H2,1-2H3,(H,32,34)/t17-,20-,23+,24-,25+,26-,27+/m1/s1. The highest BCUT2D eigenvalue weighted by molar-refractivity contribution is 5.75. The summed E-state index contributed by atoms with van der Waals surface area (Å²) < 4.78 is 24.3. The third-order valence-corrected chi connectivity index (χ3v) is 8.18. The van der Waals surface area contributed by atoms with Crippen LogP contribution in [0.5, 0.6) is 0 Å². The fourth-order valence-corrected chi connectivity index (χ4v) is 6.64. The number of nitrogens with zero attached hydrogens (tertiary/aromatic N) is 1. The first kappa shape index (κ1) is 24.5. The molecule has 7 atom stereocenters. The van der Waals surface area contributed by atoms with Gasteiger partial charge in [-0.2, -0.15) is 0 Å². The van der Waals surface area contributed by atoms with Crippen LogP contribution in [0.3, 0.4) is 0 Å². The Morgan fingerprint density at radius 2 is 2.08 bits per heavy atom. The van der Waals surface area contributed by atoms with Gasteiger partial charge in [-0.15, -0.1) is 0 Å². The van der Waals surface area contributed by atoms with Crippen LogP contribution in [0.15, 0.2) is 48.7 Å². The summed E-state index contributed by atoms with van der Waals surface area (Å²) in [6.07, 6.45) is 9.07. The molecule has 2 saturated carbocycles. The molecular weight excluding hydrogens is 459 g/mol. The highest BCUT2D eigenvalue weighted by atomic mass is 19.1. The second-order valence-electron chi connectivity index (χ2n) is 10.3. The van der Waals surface area contributed by atoms with Gasteiger partial charge in [0.25, 0.3) is 0 Å². The average Bonchev–Trinajstić information content (AvgIpc) is 3.15. The van der Waals surface area contributed by atoms with Gasteiger partial charge in [0, 0.05) is 23.7 Å². The molecule has 2 aliphatic carbocycles. The summed E-state index contributed by atoms with van der Waals surface area (Å²) in [6, 6.07) is 10.4. The molecule has 190 valence electrons. The van der Waals surface area contributed by atoms with E-state index < -0.39 is 0 Å². The second-order valence-corrected chi connectivity index (χ2v) is 10.3. The predicted octanol–water partition coefficient (Wildman–Crippen LogP) is 5.63. The van der Waals surface area contributed by atoms with Crippen molar-refractivity contribution in [3.63, 3.8) is 0 Å². The maximum Gasteiger partial charge on any atom is 0.407 e. The molecule has 6 nitrogen and oxygen atoms in total. The number of hydrogen-bond donors (Lipinski definition) is 1. The number of fused-ring (bicyclic) bond motifs is 2. The number of carbonyl (C=O) groups is 2. The fourth-order valence-electron chi connectivity index (χ4n) is 6.64. The van der Waals surface area contributed by atoms with Gasteiger partial charge in [0.05, 0.1) is 18.2 Å². The lowest BCUT2D eigenvalue weighted by atomic mass is 9.57. The van der Waals surface area contributed by atoms with E-state index in [2.05, 4.69) is 16.4 Å². The van der Waals surface area contributed by atoms with Crippen molar-refractivity contribution >= 4 is 18.1 Å². The number of pyridine rings is 1. The van der Waals surface area contributed by atoms with Crippen molar-refractivity contribution in [1.82, 2.24) is 10.3 Å². The van der Waals surface area contributed by atoms with Gasteiger partial charge in [-0.25, -0.2) is 9.18 Å². The van der Waals surface area contributed by atoms with Crippen molar-refractivity contribution in [3.05, 3.63) is 60.2 Å². The number of carbonyl (C=O) groups excluding carboxylic acids is 2. The molecule has 2 heterocycles. The maximum absolute atomic E-state index is 13.6. The van der Waals surface area contributed by atoms with Gasteiger partial charge in [-0.1, -0.05) is 24.3 Å². The molecule has 36 heavy (non-hydrogen) atoms. The van der Waals surface area contributed by atoms with Crippen LogP contribution in [0.2, 0.25) is 0 Å². The Labute approximate surface area is 211 Å². The summed E-state index contributed by atoms with van der Waals surface area (Å²) in [5, 5.41) is 3.00. The number of rotatable bonds is 5. The molecule has 0 bridgehead atoms. The summed E-state index contributed by atoms with van der Waals surface area (Å²) in [4.78, 5) is 29.2. The molecule has 1 amide bonds. The first-order chi connectivity index (χ1) is 17.4. The third-order valence-electron chi connectivity index (χ3n) is 8.18. The zero-order chi connectivity index (χ0) is 25.2. The van der Waals surface area contributed by atoms with E-state index in [0.717, 1.165) is 42.5 Å². The van der Waals surface area contributed by atoms with Gasteiger partial charge in [0.2, 0.25) is 0 Å². The van der Waals surface area contributed by atoms with Crippen LogP contribution in [-0.2, 0) is 14.3 Å². The molecular formula is C29H33FN2O4. The Balaban J connectivity index is 1.34. The number of nitrogens with one attached hydrogen (secondary N) is 1. The minimum atomic E-state index is -0.368. The average molecular weight is 493 g/mol. The van der Waals surface area contributed by atoms with E-state index in [1.807, 2.05) is 31.2 Å². The van der Waals surface area contributed by atoms with Crippen molar-refractivity contribution in [2.24, 2.45) is 29.6 Å². The Morgan fingerprint density at radius 1 is 1.22 bits per heavy atom. The van der Waals surface area contributed by atoms with Crippen LogP contribution < -0.4 is 5.32 Å². The maximum atomic E-state index is 13.6. The van der Waals surface area contributed by atoms with Gasteiger partial charge in [0.1, 0.15) is 11.9 Å². The molecule has 7 heteroatoms. The predicted molar refractivity (Wildman–Crippen MR) is 134 cm³/mol. The number of hydrogen-bond acceptors (Lipinski definition) is 5. The van der Waals surface area contributed by atoms with E-state index in [-0.39, 0.29) is 47.8 Å².